The summed E-state index contributed by atoms with van der Waals surface area (Å²) >= 11 is 0. The number of anilines is 1. The summed E-state index contributed by atoms with van der Waals surface area (Å²) in [6.45, 7) is 6.93. The van der Waals surface area contributed by atoms with Gasteiger partial charge in [0.25, 0.3) is 0 Å². The average molecular weight is 459 g/mol. The molecule has 5 heterocycles. The second-order valence-electron chi connectivity index (χ2n) is 8.61. The zero-order valence-electron chi connectivity index (χ0n) is 19.4. The minimum atomic E-state index is -0.484. The van der Waals surface area contributed by atoms with Gasteiger partial charge in [-0.05, 0) is 42.8 Å². The molecule has 4 aromatic rings. The first-order valence-electron chi connectivity index (χ1n) is 11.8. The van der Waals surface area contributed by atoms with Crippen molar-refractivity contribution in [1.29, 1.82) is 0 Å². The van der Waals surface area contributed by atoms with E-state index in [4.69, 9.17) is 9.72 Å². The molecular weight excluding hydrogens is 428 g/mol. The maximum Gasteiger partial charge on any atom is 0.138 e. The van der Waals surface area contributed by atoms with Crippen LogP contribution < -0.4 is 9.64 Å². The Hall–Kier alpha value is -3.49. The molecule has 0 saturated carbocycles. The number of piperazine rings is 1. The first-order valence-corrected chi connectivity index (χ1v) is 11.8. The Bertz CT molecular complexity index is 1200. The highest BCUT2D eigenvalue weighted by atomic mass is 16.5. The van der Waals surface area contributed by atoms with Crippen LogP contribution in [0.25, 0.3) is 16.6 Å². The van der Waals surface area contributed by atoms with E-state index < -0.39 is 6.10 Å². The summed E-state index contributed by atoms with van der Waals surface area (Å²) in [6.07, 6.45) is 7.55. The quantitative estimate of drug-likeness (QED) is 0.434. The molecule has 1 aliphatic rings. The van der Waals surface area contributed by atoms with Crippen molar-refractivity contribution < 1.29 is 9.84 Å². The van der Waals surface area contributed by atoms with Crippen LogP contribution in [-0.2, 0) is 6.54 Å². The number of aliphatic hydroxyl groups is 1. The Balaban J connectivity index is 1.27. The van der Waals surface area contributed by atoms with Crippen molar-refractivity contribution in [2.45, 2.75) is 26.0 Å². The van der Waals surface area contributed by atoms with E-state index in [1.165, 1.54) is 0 Å². The van der Waals surface area contributed by atoms with Crippen molar-refractivity contribution in [2.24, 2.45) is 0 Å². The van der Waals surface area contributed by atoms with Gasteiger partial charge < -0.3 is 14.7 Å². The highest BCUT2D eigenvalue weighted by Gasteiger charge is 2.19. The monoisotopic (exact) mass is 458 g/mol. The number of hydrogen-bond acceptors (Lipinski definition) is 7. The Morgan fingerprint density at radius 3 is 2.65 bits per heavy atom. The van der Waals surface area contributed by atoms with Crippen LogP contribution in [0.15, 0.2) is 67.3 Å². The molecule has 1 aliphatic heterocycles. The van der Waals surface area contributed by atoms with E-state index in [9.17, 15) is 5.11 Å². The van der Waals surface area contributed by atoms with Gasteiger partial charge >= 0.3 is 0 Å². The van der Waals surface area contributed by atoms with E-state index in [0.29, 0.717) is 12.2 Å². The molecule has 5 rings (SSSR count). The molecule has 4 aromatic heterocycles. The Morgan fingerprint density at radius 2 is 1.91 bits per heavy atom. The van der Waals surface area contributed by atoms with Gasteiger partial charge in [0.2, 0.25) is 0 Å². The summed E-state index contributed by atoms with van der Waals surface area (Å²) in [6, 6.07) is 14.2. The van der Waals surface area contributed by atoms with Gasteiger partial charge in [-0.2, -0.15) is 5.10 Å². The zero-order chi connectivity index (χ0) is 23.3. The fraction of sp³-hybridized carbons (Fsp3) is 0.346. The third kappa shape index (κ3) is 5.03. The maximum absolute atomic E-state index is 9.86. The number of nitrogens with zero attached hydrogens (tertiary/aromatic N) is 6. The number of rotatable bonds is 8. The topological polar surface area (TPSA) is 79.0 Å². The Morgan fingerprint density at radius 1 is 1.03 bits per heavy atom. The standard InChI is InChI=1S/C26H30N6O2/c1-2-22(33)19-34-23-15-24(25-8-10-29-32(25)18-23)20-6-7-26(28-16-20)31-13-11-30(12-14-31)17-21-5-3-4-9-27-21/h3-10,15-16,18,22,33H,2,11-14,17,19H2,1H3. The maximum atomic E-state index is 9.86. The van der Waals surface area contributed by atoms with Crippen molar-refractivity contribution in [2.75, 3.05) is 37.7 Å². The highest BCUT2D eigenvalue weighted by Crippen LogP contribution is 2.29. The van der Waals surface area contributed by atoms with Gasteiger partial charge in [-0.3, -0.25) is 9.88 Å². The van der Waals surface area contributed by atoms with Crippen molar-refractivity contribution in [1.82, 2.24) is 24.5 Å². The summed E-state index contributed by atoms with van der Waals surface area (Å²) in [5, 5.41) is 14.2. The van der Waals surface area contributed by atoms with E-state index in [1.54, 1.807) is 10.7 Å². The molecule has 0 bridgehead atoms. The van der Waals surface area contributed by atoms with Gasteiger partial charge in [-0.25, -0.2) is 9.50 Å². The van der Waals surface area contributed by atoms with Crippen LogP contribution in [0.3, 0.4) is 0 Å². The lowest BCUT2D eigenvalue weighted by molar-refractivity contribution is 0.104. The van der Waals surface area contributed by atoms with Gasteiger partial charge in [0, 0.05) is 56.2 Å². The molecule has 176 valence electrons. The summed E-state index contributed by atoms with van der Waals surface area (Å²) in [5.74, 6) is 1.66. The lowest BCUT2D eigenvalue weighted by Crippen LogP contribution is -2.46. The van der Waals surface area contributed by atoms with Crippen molar-refractivity contribution in [3.8, 4) is 16.9 Å². The number of aliphatic hydroxyl groups excluding tert-OH is 1. The number of hydrogen-bond donors (Lipinski definition) is 1. The summed E-state index contributed by atoms with van der Waals surface area (Å²) in [5.41, 5.74) is 4.10. The average Bonchev–Trinajstić information content (AvgIpc) is 3.37. The van der Waals surface area contributed by atoms with E-state index in [1.807, 2.05) is 49.8 Å². The van der Waals surface area contributed by atoms with Gasteiger partial charge in [-0.1, -0.05) is 13.0 Å². The molecule has 34 heavy (non-hydrogen) atoms. The van der Waals surface area contributed by atoms with E-state index >= 15 is 0 Å². The highest BCUT2D eigenvalue weighted by molar-refractivity contribution is 5.81. The van der Waals surface area contributed by atoms with Gasteiger partial charge in [-0.15, -0.1) is 0 Å². The van der Waals surface area contributed by atoms with E-state index in [-0.39, 0.29) is 6.61 Å². The molecule has 1 N–H and O–H groups in total. The van der Waals surface area contributed by atoms with Crippen LogP contribution >= 0.6 is 0 Å². The Labute approximate surface area is 199 Å². The molecule has 0 spiro atoms. The van der Waals surface area contributed by atoms with Crippen LogP contribution in [0, 0.1) is 0 Å². The number of aromatic nitrogens is 4. The van der Waals surface area contributed by atoms with Gasteiger partial charge in [0.15, 0.2) is 0 Å². The molecule has 0 radical (unpaired) electrons. The lowest BCUT2D eigenvalue weighted by atomic mass is 10.1. The molecule has 1 atom stereocenters. The molecule has 0 aliphatic carbocycles. The van der Waals surface area contributed by atoms with Crippen LogP contribution in [0.2, 0.25) is 0 Å². The number of pyridine rings is 3. The molecule has 1 saturated heterocycles. The van der Waals surface area contributed by atoms with E-state index in [2.05, 4.69) is 38.1 Å². The van der Waals surface area contributed by atoms with Crippen LogP contribution in [0.5, 0.6) is 5.75 Å². The first-order chi connectivity index (χ1) is 16.7. The lowest BCUT2D eigenvalue weighted by Gasteiger charge is -2.35. The van der Waals surface area contributed by atoms with Crippen LogP contribution in [0.4, 0.5) is 5.82 Å². The number of fused-ring (bicyclic) bond motifs is 1. The van der Waals surface area contributed by atoms with Crippen LogP contribution in [-0.4, -0.2) is 68.5 Å². The van der Waals surface area contributed by atoms with Crippen molar-refractivity contribution in [3.63, 3.8) is 0 Å². The minimum absolute atomic E-state index is 0.256. The SMILES string of the molecule is CCC(O)COc1cc(-c2ccc(N3CCN(Cc4ccccn4)CC3)nc2)c2ccnn2c1. The second kappa shape index (κ2) is 10.2. The van der Waals surface area contributed by atoms with Crippen molar-refractivity contribution >= 4 is 11.3 Å². The smallest absolute Gasteiger partial charge is 0.138 e. The third-order valence-electron chi connectivity index (χ3n) is 6.26. The second-order valence-corrected chi connectivity index (χ2v) is 8.61. The normalized spacial score (nSPS) is 15.5. The summed E-state index contributed by atoms with van der Waals surface area (Å²) in [4.78, 5) is 14.0. The molecule has 8 nitrogen and oxygen atoms in total. The zero-order valence-corrected chi connectivity index (χ0v) is 19.4. The molecule has 8 heteroatoms. The van der Waals surface area contributed by atoms with Crippen molar-refractivity contribution in [3.05, 3.63) is 72.9 Å². The molecular formula is C26H30N6O2. The van der Waals surface area contributed by atoms with Gasteiger partial charge in [0.05, 0.1) is 29.7 Å². The fourth-order valence-electron chi connectivity index (χ4n) is 4.21. The fourth-order valence-corrected chi connectivity index (χ4v) is 4.21. The largest absolute Gasteiger partial charge is 0.489 e. The summed E-state index contributed by atoms with van der Waals surface area (Å²) in [7, 11) is 0. The first kappa shape index (κ1) is 22.3. The third-order valence-corrected chi connectivity index (χ3v) is 6.26. The molecule has 1 unspecified atom stereocenters. The summed E-state index contributed by atoms with van der Waals surface area (Å²) < 4.78 is 7.62. The predicted molar refractivity (Wildman–Crippen MR) is 132 cm³/mol. The Kier molecular flexibility index (Phi) is 6.69. The molecule has 0 amide bonds. The van der Waals surface area contributed by atoms with E-state index in [0.717, 1.165) is 60.9 Å². The minimum Gasteiger partial charge on any atom is -0.489 e. The molecule has 0 aromatic carbocycles. The predicted octanol–water partition coefficient (Wildman–Crippen LogP) is 3.26. The molecule has 1 fully saturated rings. The number of ether oxygens (including phenoxy) is 1. The van der Waals surface area contributed by atoms with Crippen LogP contribution in [0.1, 0.15) is 19.0 Å². The van der Waals surface area contributed by atoms with Gasteiger partial charge in [0.1, 0.15) is 18.2 Å².